The molecule has 0 aliphatic heterocycles. The number of aliphatic hydroxyl groups is 2. The number of esters is 1. The molecule has 4 aliphatic rings. The maximum Gasteiger partial charge on any atom is 1.00 e. The van der Waals surface area contributed by atoms with Crippen LogP contribution in [0.15, 0.2) is 23.8 Å². The molecular weight excluding hydrogens is 463 g/mol. The number of ketones is 2. The first-order chi connectivity index (χ1) is 15.8. The second-order valence-corrected chi connectivity index (χ2v) is 11.1. The number of carbonyl (C=O) groups is 4. The van der Waals surface area contributed by atoms with Crippen molar-refractivity contribution in [2.45, 2.75) is 71.0 Å². The number of allylic oxidation sites excluding steroid dienone is 4. The summed E-state index contributed by atoms with van der Waals surface area (Å²) in [6, 6.07) is 0. The Balaban J connectivity index is 0.00000342. The molecule has 0 spiro atoms. The Kier molecular flexibility index (Phi) is 7.96. The largest absolute Gasteiger partial charge is 1.00 e. The van der Waals surface area contributed by atoms with Crippen LogP contribution in [0.25, 0.3) is 0 Å². The van der Waals surface area contributed by atoms with Crippen molar-refractivity contribution in [3.05, 3.63) is 23.8 Å². The van der Waals surface area contributed by atoms with Crippen LogP contribution in [0.2, 0.25) is 0 Å². The molecule has 3 saturated carbocycles. The van der Waals surface area contributed by atoms with Crippen molar-refractivity contribution in [2.24, 2.45) is 34.5 Å². The second-order valence-electron chi connectivity index (χ2n) is 11.1. The third-order valence-electron chi connectivity index (χ3n) is 9.33. The van der Waals surface area contributed by atoms with Crippen LogP contribution in [0.4, 0.5) is 0 Å². The average Bonchev–Trinajstić information content (AvgIpc) is 3.03. The summed E-state index contributed by atoms with van der Waals surface area (Å²) in [5, 5.41) is 33.6. The molecule has 1 unspecified atom stereocenters. The van der Waals surface area contributed by atoms with Crippen LogP contribution in [0.5, 0.6) is 0 Å². The topological polar surface area (TPSA) is 141 Å². The van der Waals surface area contributed by atoms with E-state index in [0.717, 1.165) is 12.0 Å². The summed E-state index contributed by atoms with van der Waals surface area (Å²) in [6.45, 7) is 5.36. The van der Waals surface area contributed by atoms with Gasteiger partial charge in [0.1, 0.15) is 5.60 Å². The summed E-state index contributed by atoms with van der Waals surface area (Å²) in [7, 11) is 0. The Morgan fingerprint density at radius 3 is 2.57 bits per heavy atom. The van der Waals surface area contributed by atoms with E-state index in [9.17, 15) is 34.5 Å². The smallest absolute Gasteiger partial charge is 0.550 e. The molecule has 9 heteroatoms. The molecule has 0 aromatic rings. The number of ether oxygens (including phenoxy) is 1. The fraction of sp³-hybridized carbons (Fsp3) is 0.692. The van der Waals surface area contributed by atoms with Crippen molar-refractivity contribution in [3.8, 4) is 0 Å². The van der Waals surface area contributed by atoms with E-state index in [0.29, 0.717) is 6.42 Å². The predicted molar refractivity (Wildman–Crippen MR) is 118 cm³/mol. The Hall–Kier alpha value is -1.32. The van der Waals surface area contributed by atoms with Gasteiger partial charge in [0.25, 0.3) is 0 Å². The van der Waals surface area contributed by atoms with Gasteiger partial charge in [-0.2, -0.15) is 0 Å². The van der Waals surface area contributed by atoms with Crippen LogP contribution >= 0.6 is 0 Å². The number of hydrogen-bond donors (Lipinski definition) is 2. The van der Waals surface area contributed by atoms with Gasteiger partial charge in [-0.25, -0.2) is 0 Å². The summed E-state index contributed by atoms with van der Waals surface area (Å²) >= 11 is 0. The van der Waals surface area contributed by atoms with E-state index in [1.54, 1.807) is 12.2 Å². The molecule has 35 heavy (non-hydrogen) atoms. The number of fused-ring (bicyclic) bond motifs is 5. The van der Waals surface area contributed by atoms with Crippen molar-refractivity contribution in [2.75, 3.05) is 6.61 Å². The molecule has 0 aromatic carbocycles. The molecule has 8 nitrogen and oxygen atoms in total. The van der Waals surface area contributed by atoms with Gasteiger partial charge in [-0.1, -0.05) is 32.4 Å². The van der Waals surface area contributed by atoms with E-state index in [1.807, 2.05) is 13.0 Å². The number of carboxylic acid groups (broad SMARTS) is 1. The van der Waals surface area contributed by atoms with Crippen molar-refractivity contribution in [1.29, 1.82) is 0 Å². The van der Waals surface area contributed by atoms with Gasteiger partial charge >= 0.3 is 35.5 Å². The third kappa shape index (κ3) is 4.50. The van der Waals surface area contributed by atoms with Gasteiger partial charge in [0.05, 0.1) is 12.5 Å². The van der Waals surface area contributed by atoms with Crippen molar-refractivity contribution in [3.63, 3.8) is 0 Å². The van der Waals surface area contributed by atoms with E-state index >= 15 is 0 Å². The predicted octanol–water partition coefficient (Wildman–Crippen LogP) is -2.11. The summed E-state index contributed by atoms with van der Waals surface area (Å²) in [5.41, 5.74) is -2.07. The Morgan fingerprint density at radius 1 is 1.23 bits per heavy atom. The van der Waals surface area contributed by atoms with E-state index < -0.39 is 59.7 Å². The molecule has 4 rings (SSSR count). The van der Waals surface area contributed by atoms with Crippen molar-refractivity contribution >= 4 is 23.5 Å². The molecule has 0 heterocycles. The molecular formula is C26H33NaO8. The number of Topliss-reactive ketones (excluding diaryl/α,β-unsaturated/α-hetero) is 1. The number of rotatable bonds is 6. The van der Waals surface area contributed by atoms with E-state index in [1.165, 1.54) is 0 Å². The summed E-state index contributed by atoms with van der Waals surface area (Å²) < 4.78 is 4.95. The Bertz CT molecular complexity index is 988. The van der Waals surface area contributed by atoms with Crippen LogP contribution in [0, 0.1) is 34.5 Å². The molecule has 0 saturated heterocycles. The summed E-state index contributed by atoms with van der Waals surface area (Å²) in [6.07, 6.45) is 5.30. The second kappa shape index (κ2) is 9.86. The normalized spacial score (nSPS) is 41.6. The molecule has 186 valence electrons. The monoisotopic (exact) mass is 496 g/mol. The zero-order valence-electron chi connectivity index (χ0n) is 20.9. The number of aliphatic carboxylic acids is 1. The standard InChI is InChI=1S/C26H34O8.Na/c1-14-10-16-17-7-9-26(33,20(29)13-34-22(32)5-4-21(30)31)25(17,3)12-19(28)23(16)24(2)8-6-15(27)11-18(14)24;/h6,8,11,14,16-17,19,23,28,33H,4-5,7,9-10,12-13H2,1-3H3,(H,30,31);/q;+1/p-1/t14-,16-,17-,19-,23?,24-,25-,26-;/m0./s1. The molecule has 3 fully saturated rings. The minimum atomic E-state index is -1.75. The maximum atomic E-state index is 13.1. The molecule has 2 N–H and O–H groups in total. The van der Waals surface area contributed by atoms with Gasteiger partial charge in [0.15, 0.2) is 12.4 Å². The maximum absolute atomic E-state index is 13.1. The van der Waals surface area contributed by atoms with Crippen molar-refractivity contribution in [1.82, 2.24) is 0 Å². The molecule has 0 amide bonds. The van der Waals surface area contributed by atoms with Gasteiger partial charge in [-0.15, -0.1) is 0 Å². The first-order valence-electron chi connectivity index (χ1n) is 12.1. The summed E-state index contributed by atoms with van der Waals surface area (Å²) in [5.74, 6) is -2.85. The molecule has 8 atom stereocenters. The zero-order chi connectivity index (χ0) is 25.1. The minimum absolute atomic E-state index is 0. The van der Waals surface area contributed by atoms with E-state index in [2.05, 4.69) is 13.8 Å². The molecule has 0 bridgehead atoms. The van der Waals surface area contributed by atoms with Crippen LogP contribution < -0.4 is 34.7 Å². The van der Waals surface area contributed by atoms with Crippen molar-refractivity contribution < 1.29 is 68.8 Å². The van der Waals surface area contributed by atoms with E-state index in [-0.39, 0.29) is 71.9 Å². The van der Waals surface area contributed by atoms with Gasteiger partial charge in [-0.3, -0.25) is 14.4 Å². The number of carbonyl (C=O) groups excluding carboxylic acids is 4. The van der Waals surface area contributed by atoms with Gasteiger partial charge < -0.3 is 24.9 Å². The Morgan fingerprint density at radius 2 is 1.91 bits per heavy atom. The first kappa shape index (κ1) is 28.3. The molecule has 0 radical (unpaired) electrons. The quantitative estimate of drug-likeness (QED) is 0.314. The number of hydrogen-bond acceptors (Lipinski definition) is 8. The van der Waals surface area contributed by atoms with Gasteiger partial charge in [0, 0.05) is 22.7 Å². The number of aliphatic hydroxyl groups excluding tert-OH is 1. The average molecular weight is 497 g/mol. The van der Waals surface area contributed by atoms with Crippen LogP contribution in [0.1, 0.15) is 59.3 Å². The zero-order valence-corrected chi connectivity index (χ0v) is 22.9. The fourth-order valence-electron chi connectivity index (χ4n) is 7.75. The fourth-order valence-corrected chi connectivity index (χ4v) is 7.75. The molecule has 4 aliphatic carbocycles. The van der Waals surface area contributed by atoms with Gasteiger partial charge in [0.2, 0.25) is 5.78 Å². The Labute approximate surface area is 227 Å². The van der Waals surface area contributed by atoms with Crippen LogP contribution in [-0.2, 0) is 23.9 Å². The first-order valence-corrected chi connectivity index (χ1v) is 12.1. The summed E-state index contributed by atoms with van der Waals surface area (Å²) in [4.78, 5) is 47.5. The molecule has 0 aromatic heterocycles. The van der Waals surface area contributed by atoms with E-state index in [4.69, 9.17) is 4.74 Å². The number of carboxylic acids is 1. The van der Waals surface area contributed by atoms with Crippen LogP contribution in [0.3, 0.4) is 0 Å². The third-order valence-corrected chi connectivity index (χ3v) is 9.33. The van der Waals surface area contributed by atoms with Gasteiger partial charge in [-0.05, 0) is 62.0 Å². The SMILES string of the molecule is C[C@H]1C[C@@H]2C([C@@H](O)C[C@@]3(C)[C@H]2CC[C@]3(O)C(=O)COC(=O)CCC(=O)[O-])[C@@]2(C)C=CC(=O)C=C12.[Na+]. The minimum Gasteiger partial charge on any atom is -0.550 e. The van der Waals surface area contributed by atoms with Crippen LogP contribution in [-0.4, -0.2) is 52.0 Å².